The maximum atomic E-state index is 12.7. The van der Waals surface area contributed by atoms with E-state index in [1.54, 1.807) is 18.3 Å². The first-order chi connectivity index (χ1) is 13.4. The molecule has 0 N–H and O–H groups in total. The van der Waals surface area contributed by atoms with E-state index in [1.807, 2.05) is 12.4 Å². The van der Waals surface area contributed by atoms with Crippen molar-refractivity contribution in [1.29, 1.82) is 0 Å². The molecule has 4 rings (SSSR count). The Morgan fingerprint density at radius 1 is 1.21 bits per heavy atom. The van der Waals surface area contributed by atoms with Crippen molar-refractivity contribution in [2.75, 3.05) is 33.2 Å². The van der Waals surface area contributed by atoms with Gasteiger partial charge in [-0.15, -0.1) is 23.1 Å². The van der Waals surface area contributed by atoms with Crippen molar-refractivity contribution in [3.8, 4) is 0 Å². The Hall–Kier alpha value is -1.79. The predicted molar refractivity (Wildman–Crippen MR) is 109 cm³/mol. The fraction of sp³-hybridized carbons (Fsp3) is 0.353. The topological polar surface area (TPSA) is 87.9 Å². The second kappa shape index (κ2) is 7.91. The molecule has 148 valence electrons. The summed E-state index contributed by atoms with van der Waals surface area (Å²) in [5.74, 6) is 0.487. The second-order valence-electron chi connectivity index (χ2n) is 6.47. The van der Waals surface area contributed by atoms with Gasteiger partial charge in [0.1, 0.15) is 4.90 Å². The van der Waals surface area contributed by atoms with Gasteiger partial charge in [0.25, 0.3) is 5.56 Å². The van der Waals surface area contributed by atoms with E-state index in [0.29, 0.717) is 34.5 Å². The lowest BCUT2D eigenvalue weighted by atomic mass is 10.4. The van der Waals surface area contributed by atoms with Gasteiger partial charge in [-0.2, -0.15) is 4.31 Å². The minimum atomic E-state index is -3.51. The fourth-order valence-corrected chi connectivity index (χ4v) is 5.73. The van der Waals surface area contributed by atoms with Gasteiger partial charge in [-0.3, -0.25) is 9.20 Å². The number of thioether (sulfide) groups is 1. The van der Waals surface area contributed by atoms with Crippen molar-refractivity contribution in [3.05, 3.63) is 52.0 Å². The van der Waals surface area contributed by atoms with Crippen LogP contribution in [-0.2, 0) is 15.8 Å². The summed E-state index contributed by atoms with van der Waals surface area (Å²) in [7, 11) is -1.53. The molecule has 11 heteroatoms. The van der Waals surface area contributed by atoms with Gasteiger partial charge < -0.3 is 4.90 Å². The van der Waals surface area contributed by atoms with Crippen LogP contribution in [0.15, 0.2) is 50.7 Å². The molecule has 1 saturated heterocycles. The summed E-state index contributed by atoms with van der Waals surface area (Å²) in [6.45, 7) is 2.42. The van der Waals surface area contributed by atoms with Crippen molar-refractivity contribution < 1.29 is 8.42 Å². The molecule has 0 spiro atoms. The number of pyridine rings is 1. The number of aromatic nitrogens is 3. The van der Waals surface area contributed by atoms with Crippen LogP contribution >= 0.6 is 23.1 Å². The van der Waals surface area contributed by atoms with Crippen LogP contribution in [-0.4, -0.2) is 65.2 Å². The third-order valence-electron chi connectivity index (χ3n) is 4.53. The van der Waals surface area contributed by atoms with E-state index in [1.165, 1.54) is 44.1 Å². The van der Waals surface area contributed by atoms with E-state index in [9.17, 15) is 13.2 Å². The number of fused-ring (bicyclic) bond motifs is 1. The zero-order valence-electron chi connectivity index (χ0n) is 15.2. The SMILES string of the molecule is CN1CCN(S(=O)(=O)c2ccc(SCc3cc(=O)n4ccsc4n3)nc2)CC1. The van der Waals surface area contributed by atoms with Gasteiger partial charge in [-0.1, -0.05) is 0 Å². The van der Waals surface area contributed by atoms with Crippen LogP contribution in [0.5, 0.6) is 0 Å². The number of nitrogens with zero attached hydrogens (tertiary/aromatic N) is 5. The maximum absolute atomic E-state index is 12.7. The second-order valence-corrected chi connectivity index (χ2v) is 10.3. The minimum absolute atomic E-state index is 0.108. The van der Waals surface area contributed by atoms with Crippen LogP contribution in [0.25, 0.3) is 4.96 Å². The van der Waals surface area contributed by atoms with Gasteiger partial charge in [0.2, 0.25) is 10.0 Å². The fourth-order valence-electron chi connectivity index (χ4n) is 2.89. The smallest absolute Gasteiger partial charge is 0.258 e. The van der Waals surface area contributed by atoms with Gasteiger partial charge in [0, 0.05) is 55.8 Å². The number of hydrogen-bond donors (Lipinski definition) is 0. The van der Waals surface area contributed by atoms with Crippen LogP contribution in [0.4, 0.5) is 0 Å². The first kappa shape index (κ1) is 19.5. The Morgan fingerprint density at radius 3 is 2.71 bits per heavy atom. The van der Waals surface area contributed by atoms with Crippen molar-refractivity contribution in [1.82, 2.24) is 23.6 Å². The summed E-state index contributed by atoms with van der Waals surface area (Å²) in [4.78, 5) is 23.7. The molecule has 3 aromatic rings. The molecule has 0 aromatic carbocycles. The van der Waals surface area contributed by atoms with Gasteiger partial charge >= 0.3 is 0 Å². The molecule has 0 unspecified atom stereocenters. The number of sulfonamides is 1. The zero-order chi connectivity index (χ0) is 19.7. The molecule has 1 aliphatic rings. The quantitative estimate of drug-likeness (QED) is 0.557. The molecule has 0 saturated carbocycles. The standard InChI is InChI=1S/C17H19N5O3S3/c1-20-4-6-21(7-5-20)28(24,25)14-2-3-15(18-11-14)27-12-13-10-16(23)22-8-9-26-17(22)19-13/h2-3,8-11H,4-7,12H2,1H3. The van der Waals surface area contributed by atoms with E-state index >= 15 is 0 Å². The average Bonchev–Trinajstić information content (AvgIpc) is 3.16. The van der Waals surface area contributed by atoms with E-state index in [0.717, 1.165) is 13.1 Å². The highest BCUT2D eigenvalue weighted by Crippen LogP contribution is 2.23. The Kier molecular flexibility index (Phi) is 5.52. The molecule has 1 fully saturated rings. The third-order valence-corrected chi connectivity index (χ3v) is 8.15. The highest BCUT2D eigenvalue weighted by molar-refractivity contribution is 7.98. The van der Waals surface area contributed by atoms with Crippen LogP contribution in [0.1, 0.15) is 5.69 Å². The molecule has 0 aliphatic carbocycles. The van der Waals surface area contributed by atoms with Gasteiger partial charge in [-0.25, -0.2) is 18.4 Å². The predicted octanol–water partition coefficient (Wildman–Crippen LogP) is 1.38. The number of thiazole rings is 1. The van der Waals surface area contributed by atoms with Crippen LogP contribution in [0.2, 0.25) is 0 Å². The van der Waals surface area contributed by atoms with Gasteiger partial charge in [0.05, 0.1) is 10.7 Å². The lowest BCUT2D eigenvalue weighted by molar-refractivity contribution is 0.222. The third kappa shape index (κ3) is 3.98. The van der Waals surface area contributed by atoms with Gasteiger partial charge in [-0.05, 0) is 19.2 Å². The number of likely N-dealkylation sites (N-methyl/N-ethyl adjacent to an activating group) is 1. The highest BCUT2D eigenvalue weighted by atomic mass is 32.2. The van der Waals surface area contributed by atoms with Crippen molar-refractivity contribution in [2.45, 2.75) is 15.7 Å². The van der Waals surface area contributed by atoms with E-state index in [4.69, 9.17) is 0 Å². The number of hydrogen-bond acceptors (Lipinski definition) is 8. The molecule has 0 bridgehead atoms. The molecule has 0 amide bonds. The Morgan fingerprint density at radius 2 is 2.00 bits per heavy atom. The Bertz CT molecular complexity index is 1130. The number of piperazine rings is 1. The summed E-state index contributed by atoms with van der Waals surface area (Å²) < 4.78 is 28.5. The molecule has 3 aromatic heterocycles. The van der Waals surface area contributed by atoms with Crippen molar-refractivity contribution >= 4 is 38.1 Å². The Balaban J connectivity index is 1.45. The van der Waals surface area contributed by atoms with Crippen molar-refractivity contribution in [3.63, 3.8) is 0 Å². The lowest BCUT2D eigenvalue weighted by Crippen LogP contribution is -2.47. The lowest BCUT2D eigenvalue weighted by Gasteiger charge is -2.31. The summed E-state index contributed by atoms with van der Waals surface area (Å²) >= 11 is 2.82. The summed E-state index contributed by atoms with van der Waals surface area (Å²) in [6, 6.07) is 4.80. The highest BCUT2D eigenvalue weighted by Gasteiger charge is 2.27. The van der Waals surface area contributed by atoms with E-state index in [2.05, 4.69) is 14.9 Å². The maximum Gasteiger partial charge on any atom is 0.258 e. The first-order valence-corrected chi connectivity index (χ1v) is 12.0. The van der Waals surface area contributed by atoms with Crippen molar-refractivity contribution in [2.24, 2.45) is 0 Å². The largest absolute Gasteiger partial charge is 0.304 e. The summed E-state index contributed by atoms with van der Waals surface area (Å²) in [5.41, 5.74) is 0.566. The molecular weight excluding hydrogens is 418 g/mol. The minimum Gasteiger partial charge on any atom is -0.304 e. The molecule has 28 heavy (non-hydrogen) atoms. The monoisotopic (exact) mass is 437 g/mol. The molecule has 8 nitrogen and oxygen atoms in total. The molecular formula is C17H19N5O3S3. The normalized spacial score (nSPS) is 16.6. The summed E-state index contributed by atoms with van der Waals surface area (Å²) in [6.07, 6.45) is 3.11. The molecule has 0 radical (unpaired) electrons. The van der Waals surface area contributed by atoms with E-state index < -0.39 is 10.0 Å². The van der Waals surface area contributed by atoms with Gasteiger partial charge in [0.15, 0.2) is 4.96 Å². The van der Waals surface area contributed by atoms with Crippen LogP contribution in [0, 0.1) is 0 Å². The van der Waals surface area contributed by atoms with Crippen LogP contribution in [0.3, 0.4) is 0 Å². The van der Waals surface area contributed by atoms with E-state index in [-0.39, 0.29) is 10.5 Å². The average molecular weight is 438 g/mol. The molecule has 1 aliphatic heterocycles. The zero-order valence-corrected chi connectivity index (χ0v) is 17.6. The molecule has 4 heterocycles. The van der Waals surface area contributed by atoms with Crippen LogP contribution < -0.4 is 5.56 Å². The Labute approximate surface area is 170 Å². The number of rotatable bonds is 5. The molecule has 0 atom stereocenters. The summed E-state index contributed by atoms with van der Waals surface area (Å²) in [5, 5.41) is 2.51. The first-order valence-electron chi connectivity index (χ1n) is 8.67.